The minimum absolute atomic E-state index is 0.229. The van der Waals surface area contributed by atoms with E-state index in [1.807, 2.05) is 0 Å². The number of carbonyl (C=O) groups is 3. The molecule has 2 atom stereocenters. The summed E-state index contributed by atoms with van der Waals surface area (Å²) in [6.07, 6.45) is 0.694. The molecule has 0 aliphatic carbocycles. The van der Waals surface area contributed by atoms with Gasteiger partial charge in [0.15, 0.2) is 0 Å². The molecule has 16 heavy (non-hydrogen) atoms. The second-order valence-corrected chi connectivity index (χ2v) is 4.49. The van der Waals surface area contributed by atoms with E-state index in [9.17, 15) is 14.4 Å². The van der Waals surface area contributed by atoms with Crippen molar-refractivity contribution in [1.82, 2.24) is 5.32 Å². The van der Waals surface area contributed by atoms with E-state index in [0.29, 0.717) is 24.3 Å². The van der Waals surface area contributed by atoms with Crippen molar-refractivity contribution in [1.29, 1.82) is 0 Å². The monoisotopic (exact) mass is 248 g/mol. The van der Waals surface area contributed by atoms with Gasteiger partial charge in [-0.05, 0) is 12.2 Å². The van der Waals surface area contributed by atoms with Crippen LogP contribution in [0.5, 0.6) is 0 Å². The molecule has 2 amide bonds. The summed E-state index contributed by atoms with van der Waals surface area (Å²) in [5.74, 6) is -0.547. The van der Waals surface area contributed by atoms with E-state index in [0.717, 1.165) is 0 Å². The topological polar surface area (TPSA) is 109 Å². The van der Waals surface area contributed by atoms with Crippen LogP contribution in [0, 0.1) is 5.92 Å². The van der Waals surface area contributed by atoms with Gasteiger partial charge in [0.05, 0.1) is 0 Å². The van der Waals surface area contributed by atoms with Crippen molar-refractivity contribution < 1.29 is 19.5 Å². The number of primary amides is 1. The molecule has 6 nitrogen and oxygen atoms in total. The zero-order valence-electron chi connectivity index (χ0n) is 9.01. The number of hydrogen-bond donors (Lipinski definition) is 3. The van der Waals surface area contributed by atoms with Crippen molar-refractivity contribution in [3.63, 3.8) is 0 Å². The fourth-order valence-electron chi connectivity index (χ4n) is 0.904. The maximum Gasteiger partial charge on any atom is 0.326 e. The van der Waals surface area contributed by atoms with Gasteiger partial charge in [-0.1, -0.05) is 6.92 Å². The molecule has 7 heteroatoms. The summed E-state index contributed by atoms with van der Waals surface area (Å²) < 4.78 is 0. The van der Waals surface area contributed by atoms with E-state index in [4.69, 9.17) is 10.8 Å². The number of amides is 2. The Bertz CT molecular complexity index is 260. The quantitative estimate of drug-likeness (QED) is 0.374. The van der Waals surface area contributed by atoms with Gasteiger partial charge in [0.1, 0.15) is 6.04 Å². The average molecular weight is 248 g/mol. The molecule has 4 N–H and O–H groups in total. The summed E-state index contributed by atoms with van der Waals surface area (Å²) in [5, 5.41) is 10.9. The molecule has 0 heterocycles. The minimum atomic E-state index is -1.06. The number of carboxylic acid groups (broad SMARTS) is 1. The van der Waals surface area contributed by atoms with Crippen LogP contribution in [-0.4, -0.2) is 40.9 Å². The predicted octanol–water partition coefficient (Wildman–Crippen LogP) is -0.570. The third-order valence-electron chi connectivity index (χ3n) is 1.97. The van der Waals surface area contributed by atoms with Gasteiger partial charge >= 0.3 is 5.97 Å². The van der Waals surface area contributed by atoms with Crippen LogP contribution < -0.4 is 11.1 Å². The van der Waals surface area contributed by atoms with Crippen LogP contribution in [0.2, 0.25) is 0 Å². The number of thioether (sulfide) groups is 1. The van der Waals surface area contributed by atoms with Crippen LogP contribution >= 0.6 is 11.8 Å². The van der Waals surface area contributed by atoms with Crippen LogP contribution in [0.4, 0.5) is 0 Å². The zero-order valence-corrected chi connectivity index (χ0v) is 9.83. The third kappa shape index (κ3) is 6.28. The predicted molar refractivity (Wildman–Crippen MR) is 60.9 cm³/mol. The highest BCUT2D eigenvalue weighted by atomic mass is 32.2. The van der Waals surface area contributed by atoms with Crippen molar-refractivity contribution >= 4 is 30.0 Å². The number of carbonyl (C=O) groups excluding carboxylic acids is 2. The van der Waals surface area contributed by atoms with E-state index >= 15 is 0 Å². The summed E-state index contributed by atoms with van der Waals surface area (Å²) in [5.41, 5.74) is 5.07. The number of nitrogens with one attached hydrogen (secondary N) is 1. The average Bonchev–Trinajstić information content (AvgIpc) is 2.21. The van der Waals surface area contributed by atoms with Crippen LogP contribution in [-0.2, 0) is 14.4 Å². The summed E-state index contributed by atoms with van der Waals surface area (Å²) in [6, 6.07) is -0.867. The van der Waals surface area contributed by atoms with Crippen LogP contribution in [0.1, 0.15) is 13.3 Å². The summed E-state index contributed by atoms with van der Waals surface area (Å²) in [4.78, 5) is 31.4. The number of rotatable bonds is 9. The Kier molecular flexibility index (Phi) is 7.36. The van der Waals surface area contributed by atoms with Crippen LogP contribution in [0.15, 0.2) is 0 Å². The lowest BCUT2D eigenvalue weighted by Crippen LogP contribution is -2.36. The first-order valence-corrected chi connectivity index (χ1v) is 5.94. The van der Waals surface area contributed by atoms with Gasteiger partial charge in [0.25, 0.3) is 0 Å². The molecule has 0 aromatic rings. The van der Waals surface area contributed by atoms with Crippen LogP contribution in [0.25, 0.3) is 0 Å². The van der Waals surface area contributed by atoms with Crippen molar-refractivity contribution in [2.24, 2.45) is 11.7 Å². The van der Waals surface area contributed by atoms with Gasteiger partial charge in [0.2, 0.25) is 12.3 Å². The van der Waals surface area contributed by atoms with Gasteiger partial charge in [0, 0.05) is 11.7 Å². The molecule has 0 radical (unpaired) electrons. The van der Waals surface area contributed by atoms with E-state index in [-0.39, 0.29) is 11.8 Å². The van der Waals surface area contributed by atoms with Crippen molar-refractivity contribution in [3.05, 3.63) is 0 Å². The summed E-state index contributed by atoms with van der Waals surface area (Å²) in [7, 11) is 0. The smallest absolute Gasteiger partial charge is 0.326 e. The van der Waals surface area contributed by atoms with Crippen molar-refractivity contribution in [3.8, 4) is 0 Å². The summed E-state index contributed by atoms with van der Waals surface area (Å²) >= 11 is 1.44. The van der Waals surface area contributed by atoms with Crippen molar-refractivity contribution in [2.75, 3.05) is 11.5 Å². The molecule has 0 bridgehead atoms. The Balaban J connectivity index is 3.74. The SMILES string of the molecule is CC(CSCCC(NC=O)C(=O)O)C(N)=O. The Labute approximate surface area is 98.0 Å². The second-order valence-electron chi connectivity index (χ2n) is 3.34. The number of aliphatic carboxylic acids is 1. The van der Waals surface area contributed by atoms with Gasteiger partial charge in [-0.2, -0.15) is 11.8 Å². The standard InChI is InChI=1S/C9H16N2O4S/c1-6(8(10)13)4-16-3-2-7(9(14)15)11-5-12/h5-7H,2-4H2,1H3,(H2,10,13)(H,11,12)(H,14,15). The first-order valence-electron chi connectivity index (χ1n) is 4.78. The number of carboxylic acids is 1. The first-order chi connectivity index (χ1) is 7.49. The second kappa shape index (κ2) is 7.98. The Morgan fingerprint density at radius 2 is 2.19 bits per heavy atom. The van der Waals surface area contributed by atoms with E-state index in [2.05, 4.69) is 5.32 Å². The van der Waals surface area contributed by atoms with Gasteiger partial charge < -0.3 is 16.2 Å². The largest absolute Gasteiger partial charge is 0.480 e. The molecule has 0 aromatic heterocycles. The Morgan fingerprint density at radius 3 is 2.62 bits per heavy atom. The van der Waals surface area contributed by atoms with Gasteiger partial charge in [-0.25, -0.2) is 4.79 Å². The maximum absolute atomic E-state index is 10.7. The fourth-order valence-corrected chi connectivity index (χ4v) is 1.99. The van der Waals surface area contributed by atoms with Crippen LogP contribution in [0.3, 0.4) is 0 Å². The van der Waals surface area contributed by atoms with E-state index in [1.165, 1.54) is 11.8 Å². The molecular weight excluding hydrogens is 232 g/mol. The zero-order chi connectivity index (χ0) is 12.6. The highest BCUT2D eigenvalue weighted by molar-refractivity contribution is 7.99. The lowest BCUT2D eigenvalue weighted by atomic mass is 10.2. The molecule has 0 spiro atoms. The highest BCUT2D eigenvalue weighted by Crippen LogP contribution is 2.10. The molecule has 0 saturated carbocycles. The Hall–Kier alpha value is -1.24. The molecule has 0 fully saturated rings. The lowest BCUT2D eigenvalue weighted by molar-refractivity contribution is -0.140. The molecular formula is C9H16N2O4S. The Morgan fingerprint density at radius 1 is 1.56 bits per heavy atom. The minimum Gasteiger partial charge on any atom is -0.480 e. The van der Waals surface area contributed by atoms with E-state index in [1.54, 1.807) is 6.92 Å². The molecule has 2 unspecified atom stereocenters. The van der Waals surface area contributed by atoms with Gasteiger partial charge in [-0.15, -0.1) is 0 Å². The van der Waals surface area contributed by atoms with Crippen molar-refractivity contribution in [2.45, 2.75) is 19.4 Å². The number of hydrogen-bond acceptors (Lipinski definition) is 4. The highest BCUT2D eigenvalue weighted by Gasteiger charge is 2.16. The lowest BCUT2D eigenvalue weighted by Gasteiger charge is -2.11. The molecule has 0 saturated heterocycles. The number of nitrogens with two attached hydrogens (primary N) is 1. The molecule has 0 aliphatic rings. The van der Waals surface area contributed by atoms with E-state index < -0.39 is 12.0 Å². The van der Waals surface area contributed by atoms with Gasteiger partial charge in [-0.3, -0.25) is 9.59 Å². The third-order valence-corrected chi connectivity index (χ3v) is 3.23. The maximum atomic E-state index is 10.7. The molecule has 0 aliphatic heterocycles. The normalized spacial score (nSPS) is 13.8. The molecule has 0 rings (SSSR count). The first kappa shape index (κ1) is 14.8. The molecule has 92 valence electrons. The molecule has 0 aromatic carbocycles. The fraction of sp³-hybridized carbons (Fsp3) is 0.667. The summed E-state index contributed by atoms with van der Waals surface area (Å²) in [6.45, 7) is 1.72.